The summed E-state index contributed by atoms with van der Waals surface area (Å²) in [6.45, 7) is 6.71. The molecule has 0 radical (unpaired) electrons. The van der Waals surface area contributed by atoms with E-state index in [0.717, 1.165) is 12.8 Å². The number of halogens is 2. The summed E-state index contributed by atoms with van der Waals surface area (Å²) in [6.07, 6.45) is 1.10. The number of ether oxygens (including phenoxy) is 3. The van der Waals surface area contributed by atoms with E-state index in [4.69, 9.17) is 37.4 Å². The second kappa shape index (κ2) is 15.8. The number of nitrogens with zero attached hydrogens (tertiary/aromatic N) is 1. The number of benzene rings is 3. The van der Waals surface area contributed by atoms with E-state index in [1.165, 1.54) is 49.6 Å². The number of carbonyl (C=O) groups excluding carboxylic acids is 3. The number of likely N-dealkylation sites (tertiary alicyclic amines) is 1. The van der Waals surface area contributed by atoms with Crippen molar-refractivity contribution >= 4 is 56.8 Å². The molecule has 0 aliphatic carbocycles. The summed E-state index contributed by atoms with van der Waals surface area (Å²) in [6, 6.07) is 14.4. The molecule has 15 heteroatoms. The van der Waals surface area contributed by atoms with Gasteiger partial charge >= 0.3 is 6.09 Å². The van der Waals surface area contributed by atoms with E-state index in [0.29, 0.717) is 30.4 Å². The van der Waals surface area contributed by atoms with Gasteiger partial charge in [0.15, 0.2) is 5.75 Å². The molecule has 1 fully saturated rings. The van der Waals surface area contributed by atoms with E-state index in [1.54, 1.807) is 23.1 Å². The van der Waals surface area contributed by atoms with E-state index in [1.807, 2.05) is 20.8 Å². The van der Waals surface area contributed by atoms with Gasteiger partial charge in [-0.3, -0.25) is 14.3 Å². The Morgan fingerprint density at radius 3 is 2.23 bits per heavy atom. The Kier molecular flexibility index (Phi) is 12.1. The number of piperidine rings is 1. The van der Waals surface area contributed by atoms with Crippen molar-refractivity contribution in [2.75, 3.05) is 38.0 Å². The first kappa shape index (κ1) is 36.6. The second-order valence-electron chi connectivity index (χ2n) is 12.1. The van der Waals surface area contributed by atoms with E-state index >= 15 is 0 Å². The molecule has 3 aromatic carbocycles. The molecule has 3 aromatic rings. The first-order valence-corrected chi connectivity index (χ1v) is 17.3. The average Bonchev–Trinajstić information content (AvgIpc) is 3.04. The van der Waals surface area contributed by atoms with Crippen LogP contribution in [0.25, 0.3) is 0 Å². The van der Waals surface area contributed by atoms with Gasteiger partial charge in [-0.05, 0) is 94.1 Å². The number of nitrogens with one attached hydrogen (secondary N) is 3. The fourth-order valence-electron chi connectivity index (χ4n) is 4.69. The van der Waals surface area contributed by atoms with Crippen LogP contribution in [0.4, 0.5) is 10.5 Å². The first-order chi connectivity index (χ1) is 22.6. The van der Waals surface area contributed by atoms with Crippen LogP contribution in [0.5, 0.6) is 17.2 Å². The number of methoxy groups -OCH3 is 1. The molecule has 4 rings (SSSR count). The highest BCUT2D eigenvalue weighted by atomic mass is 35.5. The van der Waals surface area contributed by atoms with Crippen LogP contribution >= 0.6 is 23.2 Å². The van der Waals surface area contributed by atoms with Gasteiger partial charge in [-0.1, -0.05) is 23.2 Å². The quantitative estimate of drug-likeness (QED) is 0.215. The van der Waals surface area contributed by atoms with Crippen LogP contribution in [0.1, 0.15) is 44.0 Å². The maximum absolute atomic E-state index is 13.3. The minimum Gasteiger partial charge on any atom is -0.497 e. The van der Waals surface area contributed by atoms with E-state index < -0.39 is 21.5 Å². The molecule has 0 spiro atoms. The molecule has 0 saturated carbocycles. The predicted octanol–water partition coefficient (Wildman–Crippen LogP) is 6.09. The molecule has 0 bridgehead atoms. The molecule has 3 amide bonds. The molecule has 1 heterocycles. The van der Waals surface area contributed by atoms with E-state index in [9.17, 15) is 22.8 Å². The van der Waals surface area contributed by atoms with Crippen molar-refractivity contribution in [1.29, 1.82) is 0 Å². The largest absolute Gasteiger partial charge is 0.497 e. The van der Waals surface area contributed by atoms with Gasteiger partial charge in [0.1, 0.15) is 17.1 Å². The summed E-state index contributed by atoms with van der Waals surface area (Å²) in [7, 11) is -2.66. The van der Waals surface area contributed by atoms with E-state index in [-0.39, 0.29) is 57.1 Å². The Balaban J connectivity index is 1.28. The molecule has 1 aliphatic rings. The molecule has 0 atom stereocenters. The highest BCUT2D eigenvalue weighted by molar-refractivity contribution is 7.92. The molecule has 12 nitrogen and oxygen atoms in total. The lowest BCUT2D eigenvalue weighted by atomic mass is 9.97. The van der Waals surface area contributed by atoms with Crippen LogP contribution in [-0.2, 0) is 19.6 Å². The average molecular weight is 722 g/mol. The molecular formula is C33H38Cl2N4O8S. The number of sulfonamides is 1. The first-order valence-electron chi connectivity index (χ1n) is 15.1. The van der Waals surface area contributed by atoms with Crippen molar-refractivity contribution in [2.24, 2.45) is 5.92 Å². The number of hydrogen-bond donors (Lipinski definition) is 3. The predicted molar refractivity (Wildman–Crippen MR) is 183 cm³/mol. The molecule has 1 aliphatic heterocycles. The monoisotopic (exact) mass is 720 g/mol. The maximum atomic E-state index is 13.3. The lowest BCUT2D eigenvalue weighted by Crippen LogP contribution is -2.44. The Morgan fingerprint density at radius 1 is 0.917 bits per heavy atom. The Hall–Kier alpha value is -4.20. The summed E-state index contributed by atoms with van der Waals surface area (Å²) >= 11 is 12.2. The van der Waals surface area contributed by atoms with Crippen LogP contribution in [-0.4, -0.2) is 70.1 Å². The number of anilines is 1. The summed E-state index contributed by atoms with van der Waals surface area (Å²) in [5, 5.41) is 6.00. The van der Waals surface area contributed by atoms with Gasteiger partial charge < -0.3 is 29.7 Å². The van der Waals surface area contributed by atoms with Crippen LogP contribution in [0.3, 0.4) is 0 Å². The van der Waals surface area contributed by atoms with Crippen LogP contribution in [0.15, 0.2) is 65.6 Å². The zero-order valence-electron chi connectivity index (χ0n) is 27.0. The van der Waals surface area contributed by atoms with Crippen molar-refractivity contribution in [2.45, 2.75) is 44.1 Å². The standard InChI is InChI=1S/C33H38Cl2N4O8S/c1-33(2,3)47-32(42)39-15-13-21(14-16-39)19-36-30(40)20-37-31(41)22-5-9-25(10-6-22)48(43,44)38-27-11-8-24(45-4)18-29(27)46-28-12-7-23(34)17-26(28)35/h5-12,17-18,21,38H,13-16,19-20H2,1-4H3,(H,36,40)(H,37,41). The normalized spacial score (nSPS) is 13.8. The molecule has 48 heavy (non-hydrogen) atoms. The van der Waals surface area contributed by atoms with E-state index in [2.05, 4.69) is 15.4 Å². The third-order valence-electron chi connectivity index (χ3n) is 7.24. The molecule has 1 saturated heterocycles. The van der Waals surface area contributed by atoms with Crippen molar-refractivity contribution < 1.29 is 37.0 Å². The highest BCUT2D eigenvalue weighted by Crippen LogP contribution is 2.38. The minimum absolute atomic E-state index is 0.110. The smallest absolute Gasteiger partial charge is 0.410 e. The van der Waals surface area contributed by atoms with Crippen molar-refractivity contribution in [3.8, 4) is 17.2 Å². The Bertz CT molecular complexity index is 1740. The minimum atomic E-state index is -4.12. The summed E-state index contributed by atoms with van der Waals surface area (Å²) < 4.78 is 45.6. The number of hydrogen-bond acceptors (Lipinski definition) is 8. The lowest BCUT2D eigenvalue weighted by molar-refractivity contribution is -0.120. The maximum Gasteiger partial charge on any atom is 0.410 e. The zero-order chi connectivity index (χ0) is 35.1. The topological polar surface area (TPSA) is 152 Å². The number of carbonyl (C=O) groups is 3. The van der Waals surface area contributed by atoms with Gasteiger partial charge in [-0.15, -0.1) is 0 Å². The zero-order valence-corrected chi connectivity index (χ0v) is 29.3. The molecular weight excluding hydrogens is 683 g/mol. The van der Waals surface area contributed by atoms with Crippen LogP contribution in [0.2, 0.25) is 10.0 Å². The third-order valence-corrected chi connectivity index (χ3v) is 9.15. The molecule has 3 N–H and O–H groups in total. The van der Waals surface area contributed by atoms with Gasteiger partial charge in [0.25, 0.3) is 15.9 Å². The van der Waals surface area contributed by atoms with Crippen molar-refractivity contribution in [1.82, 2.24) is 15.5 Å². The number of rotatable bonds is 11. The fourth-order valence-corrected chi connectivity index (χ4v) is 6.21. The fraction of sp³-hybridized carbons (Fsp3) is 0.364. The van der Waals surface area contributed by atoms with Crippen LogP contribution < -0.4 is 24.8 Å². The molecule has 0 aromatic heterocycles. The van der Waals surface area contributed by atoms with Crippen molar-refractivity contribution in [3.63, 3.8) is 0 Å². The molecule has 0 unspecified atom stereocenters. The van der Waals surface area contributed by atoms with Gasteiger partial charge in [0.2, 0.25) is 5.91 Å². The molecule has 258 valence electrons. The third kappa shape index (κ3) is 10.4. The van der Waals surface area contributed by atoms with Gasteiger partial charge in [0.05, 0.1) is 29.3 Å². The lowest BCUT2D eigenvalue weighted by Gasteiger charge is -2.33. The summed E-state index contributed by atoms with van der Waals surface area (Å²) in [5.74, 6) is 0.0872. The van der Waals surface area contributed by atoms with Gasteiger partial charge in [-0.2, -0.15) is 0 Å². The highest BCUT2D eigenvalue weighted by Gasteiger charge is 2.27. The SMILES string of the molecule is COc1ccc(NS(=O)(=O)c2ccc(C(=O)NCC(=O)NCC3CCN(C(=O)OC(C)(C)C)CC3)cc2)c(Oc2ccc(Cl)cc2Cl)c1. The summed E-state index contributed by atoms with van der Waals surface area (Å²) in [4.78, 5) is 38.9. The second-order valence-corrected chi connectivity index (χ2v) is 14.6. The summed E-state index contributed by atoms with van der Waals surface area (Å²) in [5.41, 5.74) is -0.276. The van der Waals surface area contributed by atoms with Gasteiger partial charge in [-0.25, -0.2) is 13.2 Å². The Labute approximate surface area is 290 Å². The Morgan fingerprint density at radius 2 is 1.60 bits per heavy atom. The van der Waals surface area contributed by atoms with Crippen LogP contribution in [0, 0.1) is 5.92 Å². The van der Waals surface area contributed by atoms with Gasteiger partial charge in [0, 0.05) is 36.3 Å². The number of amides is 3. The van der Waals surface area contributed by atoms with Crippen molar-refractivity contribution in [3.05, 3.63) is 76.3 Å².